The number of thiazole rings is 1. The van der Waals surface area contributed by atoms with Crippen molar-refractivity contribution in [3.05, 3.63) is 34.1 Å². The zero-order valence-corrected chi connectivity index (χ0v) is 23.9. The molecule has 5 heterocycles. The van der Waals surface area contributed by atoms with Crippen LogP contribution in [0.5, 0.6) is 0 Å². The van der Waals surface area contributed by atoms with Crippen LogP contribution in [0.3, 0.4) is 0 Å². The molecule has 0 atom stereocenters. The van der Waals surface area contributed by atoms with Gasteiger partial charge in [0.1, 0.15) is 0 Å². The van der Waals surface area contributed by atoms with Crippen molar-refractivity contribution in [2.24, 2.45) is 0 Å². The van der Waals surface area contributed by atoms with Crippen LogP contribution in [0, 0.1) is 0 Å². The normalized spacial score (nSPS) is 20.3. The molecule has 3 aliphatic rings. The number of aromatic amines is 1. The maximum atomic E-state index is 13.8. The van der Waals surface area contributed by atoms with Gasteiger partial charge in [-0.2, -0.15) is 5.10 Å². The van der Waals surface area contributed by atoms with Crippen LogP contribution in [-0.4, -0.2) is 84.9 Å². The SMILES string of the molecule is CC1(C)Cc2cnc(N)nc2-c2[nH]nc(C(=O)Nc3nc(CC(=O)N4CCC(N5CCCC(F)(F)C5)CC4)cs3)c21. The first-order chi connectivity index (χ1) is 19.5. The summed E-state index contributed by atoms with van der Waals surface area (Å²) >= 11 is 1.24. The van der Waals surface area contributed by atoms with Gasteiger partial charge in [-0.05, 0) is 43.2 Å². The molecule has 2 aliphatic heterocycles. The zero-order valence-electron chi connectivity index (χ0n) is 23.0. The summed E-state index contributed by atoms with van der Waals surface area (Å²) in [6.07, 6.45) is 4.29. The van der Waals surface area contributed by atoms with Gasteiger partial charge in [0, 0.05) is 42.7 Å². The molecule has 1 aliphatic carbocycles. The highest BCUT2D eigenvalue weighted by Gasteiger charge is 2.40. The van der Waals surface area contributed by atoms with E-state index >= 15 is 0 Å². The molecule has 3 aromatic heterocycles. The van der Waals surface area contributed by atoms with E-state index in [1.807, 2.05) is 18.7 Å². The molecule has 0 bridgehead atoms. The van der Waals surface area contributed by atoms with Gasteiger partial charge in [-0.15, -0.1) is 11.3 Å². The molecule has 2 fully saturated rings. The lowest BCUT2D eigenvalue weighted by Crippen LogP contribution is -2.52. The number of likely N-dealkylation sites (tertiary alicyclic amines) is 2. The molecule has 0 radical (unpaired) electrons. The number of hydrogen-bond donors (Lipinski definition) is 3. The van der Waals surface area contributed by atoms with Gasteiger partial charge in [0.05, 0.1) is 30.0 Å². The van der Waals surface area contributed by atoms with E-state index < -0.39 is 17.2 Å². The minimum absolute atomic E-state index is 0.0434. The highest BCUT2D eigenvalue weighted by molar-refractivity contribution is 7.14. The largest absolute Gasteiger partial charge is 0.368 e. The summed E-state index contributed by atoms with van der Waals surface area (Å²) in [6.45, 7) is 5.66. The second kappa shape index (κ2) is 10.4. The Kier molecular flexibility index (Phi) is 7.00. The van der Waals surface area contributed by atoms with Crippen LogP contribution >= 0.6 is 11.3 Å². The highest BCUT2D eigenvalue weighted by atomic mass is 32.1. The number of nitrogen functional groups attached to an aromatic ring is 1. The molecule has 0 unspecified atom stereocenters. The number of halogens is 2. The van der Waals surface area contributed by atoms with Crippen molar-refractivity contribution in [2.45, 2.75) is 69.8 Å². The van der Waals surface area contributed by atoms with Crippen LogP contribution < -0.4 is 11.1 Å². The smallest absolute Gasteiger partial charge is 0.278 e. The lowest BCUT2D eigenvalue weighted by molar-refractivity contribution is -0.133. The zero-order chi connectivity index (χ0) is 28.9. The molecule has 0 aromatic carbocycles. The predicted molar refractivity (Wildman–Crippen MR) is 150 cm³/mol. The van der Waals surface area contributed by atoms with Crippen LogP contribution in [0.4, 0.5) is 19.9 Å². The van der Waals surface area contributed by atoms with Crippen LogP contribution in [0.2, 0.25) is 0 Å². The second-order valence-electron chi connectivity index (χ2n) is 11.8. The summed E-state index contributed by atoms with van der Waals surface area (Å²) in [6, 6.07) is 0.0855. The van der Waals surface area contributed by atoms with Crippen LogP contribution in [0.25, 0.3) is 11.4 Å². The number of aromatic nitrogens is 5. The first kappa shape index (κ1) is 27.6. The topological polar surface area (TPSA) is 146 Å². The van der Waals surface area contributed by atoms with E-state index in [4.69, 9.17) is 5.73 Å². The summed E-state index contributed by atoms with van der Waals surface area (Å²) in [5.74, 6) is -2.93. The summed E-state index contributed by atoms with van der Waals surface area (Å²) in [5.41, 5.74) is 9.22. The molecule has 14 heteroatoms. The number of rotatable bonds is 5. The Hall–Kier alpha value is -3.52. The Labute approximate surface area is 239 Å². The number of amides is 2. The van der Waals surface area contributed by atoms with Crippen molar-refractivity contribution in [3.63, 3.8) is 0 Å². The number of carbonyl (C=O) groups excluding carboxylic acids is 2. The van der Waals surface area contributed by atoms with Gasteiger partial charge >= 0.3 is 0 Å². The Morgan fingerprint density at radius 3 is 2.76 bits per heavy atom. The Morgan fingerprint density at radius 2 is 2.00 bits per heavy atom. The molecular weight excluding hydrogens is 552 g/mol. The fourth-order valence-electron chi connectivity index (χ4n) is 6.32. The monoisotopic (exact) mass is 585 g/mol. The van der Waals surface area contributed by atoms with Crippen molar-refractivity contribution >= 4 is 34.2 Å². The van der Waals surface area contributed by atoms with E-state index in [1.54, 1.807) is 16.5 Å². The average Bonchev–Trinajstić information content (AvgIpc) is 3.57. The maximum Gasteiger partial charge on any atom is 0.278 e. The molecule has 6 rings (SSSR count). The van der Waals surface area contributed by atoms with Gasteiger partial charge in [0.25, 0.3) is 11.8 Å². The minimum Gasteiger partial charge on any atom is -0.368 e. The third kappa shape index (κ3) is 5.54. The van der Waals surface area contributed by atoms with E-state index in [9.17, 15) is 18.4 Å². The van der Waals surface area contributed by atoms with Crippen molar-refractivity contribution in [2.75, 3.05) is 37.2 Å². The molecule has 0 spiro atoms. The number of nitrogens with zero attached hydrogens (tertiary/aromatic N) is 6. The van der Waals surface area contributed by atoms with E-state index in [1.165, 1.54) is 11.3 Å². The van der Waals surface area contributed by atoms with Crippen LogP contribution in [0.1, 0.15) is 66.8 Å². The van der Waals surface area contributed by atoms with Gasteiger partial charge in [0.15, 0.2) is 10.8 Å². The van der Waals surface area contributed by atoms with Gasteiger partial charge < -0.3 is 10.6 Å². The Morgan fingerprint density at radius 1 is 1.22 bits per heavy atom. The first-order valence-corrected chi connectivity index (χ1v) is 14.7. The highest BCUT2D eigenvalue weighted by Crippen LogP contribution is 2.43. The number of fused-ring (bicyclic) bond motifs is 3. The number of hydrogen-bond acceptors (Lipinski definition) is 9. The number of nitrogens with one attached hydrogen (secondary N) is 2. The van der Waals surface area contributed by atoms with E-state index in [-0.39, 0.29) is 43.0 Å². The summed E-state index contributed by atoms with van der Waals surface area (Å²) in [5, 5.41) is 12.2. The van der Waals surface area contributed by atoms with Crippen molar-refractivity contribution < 1.29 is 18.4 Å². The molecule has 3 aromatic rings. The lowest BCUT2D eigenvalue weighted by Gasteiger charge is -2.42. The fraction of sp³-hybridized carbons (Fsp3) is 0.556. The predicted octanol–water partition coefficient (Wildman–Crippen LogP) is 3.26. The Bertz CT molecular complexity index is 1480. The van der Waals surface area contributed by atoms with E-state index in [2.05, 4.69) is 30.5 Å². The Balaban J connectivity index is 1.07. The number of nitrogens with two attached hydrogens (primary N) is 1. The van der Waals surface area contributed by atoms with E-state index in [0.717, 1.165) is 11.1 Å². The molecule has 2 saturated heterocycles. The number of carbonyl (C=O) groups is 2. The molecule has 41 heavy (non-hydrogen) atoms. The molecule has 11 nitrogen and oxygen atoms in total. The van der Waals surface area contributed by atoms with E-state index in [0.29, 0.717) is 67.5 Å². The molecule has 4 N–H and O–H groups in total. The van der Waals surface area contributed by atoms with Crippen molar-refractivity contribution in [1.29, 1.82) is 0 Å². The average molecular weight is 586 g/mol. The van der Waals surface area contributed by atoms with Crippen molar-refractivity contribution in [3.8, 4) is 11.4 Å². The third-order valence-corrected chi connectivity index (χ3v) is 9.08. The van der Waals surface area contributed by atoms with Gasteiger partial charge in [-0.25, -0.2) is 23.7 Å². The maximum absolute atomic E-state index is 13.8. The quantitative estimate of drug-likeness (QED) is 0.414. The molecule has 0 saturated carbocycles. The van der Waals surface area contributed by atoms with Crippen LogP contribution in [-0.2, 0) is 23.1 Å². The fourth-order valence-corrected chi connectivity index (χ4v) is 7.03. The number of anilines is 2. The van der Waals surface area contributed by atoms with Gasteiger partial charge in [-0.3, -0.25) is 24.9 Å². The van der Waals surface area contributed by atoms with Gasteiger partial charge in [-0.1, -0.05) is 13.8 Å². The van der Waals surface area contributed by atoms with Crippen LogP contribution in [0.15, 0.2) is 11.6 Å². The number of alkyl halides is 2. The lowest BCUT2D eigenvalue weighted by atomic mass is 9.73. The summed E-state index contributed by atoms with van der Waals surface area (Å²) in [7, 11) is 0. The number of piperidine rings is 2. The standard InChI is InChI=1S/C27H33F2N9O2S/c1-26(2)11-15-12-31-24(30)33-20(15)21-19(26)22(36-35-21)23(40)34-25-32-16(13-41-25)10-18(39)37-8-4-17(5-9-37)38-7-3-6-27(28,29)14-38/h12-13,17H,3-11,14H2,1-2H3,(H,35,36)(H2,30,31,33)(H,32,34,40). The second-order valence-corrected chi connectivity index (χ2v) is 12.7. The summed E-state index contributed by atoms with van der Waals surface area (Å²) < 4.78 is 27.7. The third-order valence-electron chi connectivity index (χ3n) is 8.27. The van der Waals surface area contributed by atoms with Gasteiger partial charge in [0.2, 0.25) is 11.9 Å². The van der Waals surface area contributed by atoms with Crippen molar-refractivity contribution in [1.82, 2.24) is 34.9 Å². The minimum atomic E-state index is -2.62. The first-order valence-electron chi connectivity index (χ1n) is 13.9. The molecular formula is C27H33F2N9O2S. The molecule has 218 valence electrons. The molecule has 2 amide bonds. The number of H-pyrrole nitrogens is 1. The summed E-state index contributed by atoms with van der Waals surface area (Å²) in [4.78, 5) is 42.9.